The molecule has 0 radical (unpaired) electrons. The van der Waals surface area contributed by atoms with Gasteiger partial charge >= 0.3 is 0 Å². The maximum atomic E-state index is 12.5. The zero-order valence-electron chi connectivity index (χ0n) is 18.4. The molecule has 1 heterocycles. The first-order chi connectivity index (χ1) is 16.6. The number of morpholine rings is 1. The number of thioether (sulfide) groups is 1. The van der Waals surface area contributed by atoms with Gasteiger partial charge in [-0.05, 0) is 35.9 Å². The highest BCUT2D eigenvalue weighted by molar-refractivity contribution is 7.98. The van der Waals surface area contributed by atoms with E-state index in [2.05, 4.69) is 27.6 Å². The van der Waals surface area contributed by atoms with Crippen LogP contribution in [-0.4, -0.2) is 43.3 Å². The average Bonchev–Trinajstić information content (AvgIpc) is 2.88. The molecule has 4 rings (SSSR count). The molecule has 8 nitrogen and oxygen atoms in total. The molecule has 1 aliphatic heterocycles. The van der Waals surface area contributed by atoms with Crippen molar-refractivity contribution in [2.45, 2.75) is 10.6 Å². The van der Waals surface area contributed by atoms with E-state index in [1.165, 1.54) is 23.2 Å². The molecule has 1 N–H and O–H groups in total. The van der Waals surface area contributed by atoms with E-state index in [0.717, 1.165) is 17.0 Å². The number of nitrogens with one attached hydrogen (secondary N) is 1. The second-order valence-electron chi connectivity index (χ2n) is 7.60. The highest BCUT2D eigenvalue weighted by Gasteiger charge is 2.17. The number of carbonyl (C=O) groups is 1. The number of carbonyl (C=O) groups excluding carboxylic acids is 1. The number of benzene rings is 3. The molecule has 3 aromatic rings. The molecule has 34 heavy (non-hydrogen) atoms. The number of nitro groups is 1. The third-order valence-corrected chi connectivity index (χ3v) is 6.39. The van der Waals surface area contributed by atoms with E-state index < -0.39 is 4.92 Å². The lowest BCUT2D eigenvalue weighted by Crippen LogP contribution is -2.36. The Bertz CT molecular complexity index is 1160. The van der Waals surface area contributed by atoms with E-state index in [1.807, 2.05) is 30.3 Å². The van der Waals surface area contributed by atoms with Crippen LogP contribution in [0.15, 0.2) is 82.8 Å². The smallest absolute Gasteiger partial charge is 0.271 e. The zero-order chi connectivity index (χ0) is 23.8. The minimum absolute atomic E-state index is 0.0336. The number of hydrogen-bond donors (Lipinski definition) is 1. The Kier molecular flexibility index (Phi) is 7.90. The van der Waals surface area contributed by atoms with Crippen LogP contribution in [0.3, 0.4) is 0 Å². The maximum Gasteiger partial charge on any atom is 0.271 e. The minimum Gasteiger partial charge on any atom is -0.378 e. The molecule has 3 aromatic carbocycles. The van der Waals surface area contributed by atoms with Crippen LogP contribution in [0.1, 0.15) is 21.5 Å². The fourth-order valence-electron chi connectivity index (χ4n) is 3.51. The molecule has 0 saturated carbocycles. The van der Waals surface area contributed by atoms with Crippen molar-refractivity contribution in [1.29, 1.82) is 0 Å². The molecule has 174 valence electrons. The Morgan fingerprint density at radius 3 is 2.53 bits per heavy atom. The van der Waals surface area contributed by atoms with Crippen molar-refractivity contribution in [3.8, 4) is 0 Å². The lowest BCUT2D eigenvalue weighted by molar-refractivity contribution is -0.384. The minimum atomic E-state index is -0.448. The summed E-state index contributed by atoms with van der Waals surface area (Å²) in [5, 5.41) is 15.3. The van der Waals surface area contributed by atoms with Crippen LogP contribution < -0.4 is 10.3 Å². The zero-order valence-corrected chi connectivity index (χ0v) is 19.2. The van der Waals surface area contributed by atoms with Gasteiger partial charge in [0.25, 0.3) is 11.6 Å². The van der Waals surface area contributed by atoms with Crippen LogP contribution in [0, 0.1) is 10.1 Å². The van der Waals surface area contributed by atoms with Gasteiger partial charge in [0.05, 0.1) is 24.4 Å². The van der Waals surface area contributed by atoms with Crippen molar-refractivity contribution in [3.63, 3.8) is 0 Å². The molecular weight excluding hydrogens is 452 g/mol. The molecule has 1 fully saturated rings. The Morgan fingerprint density at radius 1 is 1.09 bits per heavy atom. The number of rotatable bonds is 8. The Balaban J connectivity index is 1.40. The van der Waals surface area contributed by atoms with Crippen molar-refractivity contribution in [2.24, 2.45) is 5.10 Å². The van der Waals surface area contributed by atoms with E-state index in [1.54, 1.807) is 30.0 Å². The molecule has 0 unspecified atom stereocenters. The number of anilines is 1. The lowest BCUT2D eigenvalue weighted by Gasteiger charge is -2.29. The van der Waals surface area contributed by atoms with Gasteiger partial charge < -0.3 is 9.64 Å². The summed E-state index contributed by atoms with van der Waals surface area (Å²) in [6, 6.07) is 22.1. The summed E-state index contributed by atoms with van der Waals surface area (Å²) in [5.41, 5.74) is 5.45. The number of amides is 1. The first-order valence-corrected chi connectivity index (χ1v) is 11.8. The van der Waals surface area contributed by atoms with Crippen LogP contribution >= 0.6 is 11.8 Å². The monoisotopic (exact) mass is 476 g/mol. The molecule has 1 amide bonds. The summed E-state index contributed by atoms with van der Waals surface area (Å²) >= 11 is 1.73. The topological polar surface area (TPSA) is 97.1 Å². The van der Waals surface area contributed by atoms with Crippen molar-refractivity contribution >= 4 is 35.3 Å². The van der Waals surface area contributed by atoms with Crippen LogP contribution in [0.4, 0.5) is 11.4 Å². The lowest BCUT2D eigenvalue weighted by atomic mass is 10.1. The van der Waals surface area contributed by atoms with Gasteiger partial charge in [-0.1, -0.05) is 30.3 Å². The molecule has 0 aliphatic carbocycles. The summed E-state index contributed by atoms with van der Waals surface area (Å²) in [4.78, 5) is 26.6. The van der Waals surface area contributed by atoms with E-state index in [-0.39, 0.29) is 11.6 Å². The van der Waals surface area contributed by atoms with Crippen LogP contribution in [-0.2, 0) is 10.5 Å². The van der Waals surface area contributed by atoms with Gasteiger partial charge in [0, 0.05) is 52.7 Å². The first-order valence-electron chi connectivity index (χ1n) is 10.8. The fraction of sp³-hybridized carbons (Fsp3) is 0.200. The Morgan fingerprint density at radius 2 is 1.82 bits per heavy atom. The van der Waals surface area contributed by atoms with Gasteiger partial charge in [0.1, 0.15) is 0 Å². The normalized spacial score (nSPS) is 13.7. The van der Waals surface area contributed by atoms with Gasteiger partial charge in [-0.2, -0.15) is 5.10 Å². The van der Waals surface area contributed by atoms with E-state index in [4.69, 9.17) is 4.74 Å². The molecule has 9 heteroatoms. The number of non-ortho nitro benzene ring substituents is 1. The second kappa shape index (κ2) is 11.4. The number of nitro benzene ring substituents is 1. The van der Waals surface area contributed by atoms with Gasteiger partial charge in [-0.15, -0.1) is 11.8 Å². The molecular formula is C25H24N4O4S. The molecule has 1 aliphatic rings. The average molecular weight is 477 g/mol. The summed E-state index contributed by atoms with van der Waals surface area (Å²) in [5.74, 6) is 0.457. The molecule has 0 atom stereocenters. The van der Waals surface area contributed by atoms with E-state index >= 15 is 0 Å². The van der Waals surface area contributed by atoms with E-state index in [0.29, 0.717) is 37.4 Å². The van der Waals surface area contributed by atoms with E-state index in [9.17, 15) is 14.9 Å². The highest BCUT2D eigenvalue weighted by Crippen LogP contribution is 2.25. The van der Waals surface area contributed by atoms with Crippen molar-refractivity contribution in [3.05, 3.63) is 99.6 Å². The molecule has 0 bridgehead atoms. The van der Waals surface area contributed by atoms with Gasteiger partial charge in [-0.25, -0.2) is 5.43 Å². The summed E-state index contributed by atoms with van der Waals surface area (Å²) in [6.07, 6.45) is 1.45. The van der Waals surface area contributed by atoms with Crippen molar-refractivity contribution < 1.29 is 14.5 Å². The highest BCUT2D eigenvalue weighted by atomic mass is 32.2. The second-order valence-corrected chi connectivity index (χ2v) is 8.65. The fourth-order valence-corrected chi connectivity index (χ4v) is 4.39. The largest absolute Gasteiger partial charge is 0.378 e. The van der Waals surface area contributed by atoms with Gasteiger partial charge in [-0.3, -0.25) is 14.9 Å². The first kappa shape index (κ1) is 23.5. The van der Waals surface area contributed by atoms with Crippen LogP contribution in [0.25, 0.3) is 0 Å². The molecule has 1 saturated heterocycles. The van der Waals surface area contributed by atoms with Gasteiger partial charge in [0.2, 0.25) is 0 Å². The SMILES string of the molecule is O=C(N/N=C\c1cc([N+](=O)[O-])ccc1N1CCOCC1)c1ccc(CSc2ccccc2)cc1. The molecule has 0 spiro atoms. The number of hydrazone groups is 1. The maximum absolute atomic E-state index is 12.5. The summed E-state index contributed by atoms with van der Waals surface area (Å²) in [7, 11) is 0. The Hall–Kier alpha value is -3.69. The van der Waals surface area contributed by atoms with Gasteiger partial charge in [0.15, 0.2) is 0 Å². The standard InChI is InChI=1S/C25H24N4O4S/c30-25(20-8-6-19(7-9-20)18-34-23-4-2-1-3-5-23)27-26-17-21-16-22(29(31)32)10-11-24(21)28-12-14-33-15-13-28/h1-11,16-17H,12-15,18H2,(H,27,30)/b26-17-. The third kappa shape index (κ3) is 6.21. The van der Waals surface area contributed by atoms with Crippen LogP contribution in [0.5, 0.6) is 0 Å². The Labute approximate surface area is 201 Å². The molecule has 0 aromatic heterocycles. The quantitative estimate of drug-likeness (QED) is 0.223. The summed E-state index contributed by atoms with van der Waals surface area (Å²) < 4.78 is 5.39. The third-order valence-electron chi connectivity index (χ3n) is 5.31. The predicted molar refractivity (Wildman–Crippen MR) is 134 cm³/mol. The number of nitrogens with zero attached hydrogens (tertiary/aromatic N) is 3. The van der Waals surface area contributed by atoms with Crippen molar-refractivity contribution in [1.82, 2.24) is 5.43 Å². The number of hydrogen-bond acceptors (Lipinski definition) is 7. The predicted octanol–water partition coefficient (Wildman–Crippen LogP) is 4.49. The van der Waals surface area contributed by atoms with Crippen molar-refractivity contribution in [2.75, 3.05) is 31.2 Å². The number of ether oxygens (including phenoxy) is 1. The summed E-state index contributed by atoms with van der Waals surface area (Å²) in [6.45, 7) is 2.54. The van der Waals surface area contributed by atoms with Crippen LogP contribution in [0.2, 0.25) is 0 Å².